The van der Waals surface area contributed by atoms with Crippen molar-refractivity contribution in [2.45, 2.75) is 27.7 Å². The maximum absolute atomic E-state index is 4.29. The Morgan fingerprint density at radius 3 is 1.92 bits per heavy atom. The quantitative estimate of drug-likeness (QED) is 0.295. The van der Waals surface area contributed by atoms with Crippen molar-refractivity contribution in [2.75, 3.05) is 5.32 Å². The molecule has 0 saturated carbocycles. The minimum atomic E-state index is 0.863. The second-order valence-corrected chi connectivity index (χ2v) is 8.55. The summed E-state index contributed by atoms with van der Waals surface area (Å²) < 4.78 is 0. The van der Waals surface area contributed by atoms with Gasteiger partial charge in [0.1, 0.15) is 0 Å². The Labute approximate surface area is 224 Å². The predicted molar refractivity (Wildman–Crippen MR) is 167 cm³/mol. The fourth-order valence-corrected chi connectivity index (χ4v) is 3.73. The summed E-state index contributed by atoms with van der Waals surface area (Å²) in [6.45, 7) is 24.4. The van der Waals surface area contributed by atoms with Gasteiger partial charge in [0.15, 0.2) is 0 Å². The first-order valence-electron chi connectivity index (χ1n) is 12.5. The highest BCUT2D eigenvalue weighted by Gasteiger charge is 2.09. The van der Waals surface area contributed by atoms with E-state index >= 15 is 0 Å². The highest BCUT2D eigenvalue weighted by Crippen LogP contribution is 2.31. The van der Waals surface area contributed by atoms with Gasteiger partial charge in [-0.15, -0.1) is 0 Å². The largest absolute Gasteiger partial charge is 0.355 e. The number of nitrogens with one attached hydrogen (secondary N) is 1. The molecule has 0 aliphatic carbocycles. The summed E-state index contributed by atoms with van der Waals surface area (Å²) in [6, 6.07) is 17.0. The lowest BCUT2D eigenvalue weighted by Gasteiger charge is -2.16. The molecule has 1 nitrogen and oxygen atoms in total. The third-order valence-corrected chi connectivity index (χ3v) is 5.85. The van der Waals surface area contributed by atoms with Gasteiger partial charge in [-0.1, -0.05) is 123 Å². The van der Waals surface area contributed by atoms with Crippen molar-refractivity contribution in [3.05, 3.63) is 169 Å². The molecule has 37 heavy (non-hydrogen) atoms. The Morgan fingerprint density at radius 2 is 1.30 bits per heavy atom. The molecule has 1 heteroatoms. The molecule has 0 saturated heterocycles. The van der Waals surface area contributed by atoms with E-state index in [2.05, 4.69) is 93.2 Å². The first-order chi connectivity index (χ1) is 17.9. The van der Waals surface area contributed by atoms with Crippen LogP contribution in [0.5, 0.6) is 0 Å². The van der Waals surface area contributed by atoms with Crippen LogP contribution >= 0.6 is 0 Å². The molecular weight excluding hydrogens is 446 g/mol. The van der Waals surface area contributed by atoms with Crippen LogP contribution < -0.4 is 5.32 Å². The SMILES string of the molecule is C=C/C=C(\C=C/C)c1ccc(-c2ccccc2NC(/C=C\C)=C(/C)C(=C)/C=C\C(=C)C(=C)/C=C\C)cc1. The van der Waals surface area contributed by atoms with Gasteiger partial charge in [0.05, 0.1) is 0 Å². The molecule has 2 rings (SSSR count). The number of rotatable bonds is 12. The fourth-order valence-electron chi connectivity index (χ4n) is 3.73. The second kappa shape index (κ2) is 14.9. The first-order valence-corrected chi connectivity index (χ1v) is 12.5. The summed E-state index contributed by atoms with van der Waals surface area (Å²) in [5.74, 6) is 0. The molecule has 0 aliphatic heterocycles. The molecule has 0 heterocycles. The summed E-state index contributed by atoms with van der Waals surface area (Å²) in [5.41, 5.74) is 10.3. The van der Waals surface area contributed by atoms with E-state index in [0.717, 1.165) is 55.9 Å². The molecule has 0 aliphatic rings. The Hall–Kier alpha value is -4.36. The van der Waals surface area contributed by atoms with Crippen molar-refractivity contribution >= 4 is 11.3 Å². The third-order valence-electron chi connectivity index (χ3n) is 5.85. The van der Waals surface area contributed by atoms with E-state index in [4.69, 9.17) is 0 Å². The van der Waals surface area contributed by atoms with Crippen molar-refractivity contribution in [2.24, 2.45) is 0 Å². The van der Waals surface area contributed by atoms with Crippen molar-refractivity contribution in [3.63, 3.8) is 0 Å². The molecule has 0 atom stereocenters. The maximum atomic E-state index is 4.29. The lowest BCUT2D eigenvalue weighted by Crippen LogP contribution is -2.02. The minimum Gasteiger partial charge on any atom is -0.355 e. The lowest BCUT2D eigenvalue weighted by molar-refractivity contribution is 1.32. The van der Waals surface area contributed by atoms with Gasteiger partial charge >= 0.3 is 0 Å². The fraction of sp³-hybridized carbons (Fsp3) is 0.111. The average Bonchev–Trinajstić information content (AvgIpc) is 2.91. The first kappa shape index (κ1) is 28.9. The maximum Gasteiger partial charge on any atom is 0.0463 e. The summed E-state index contributed by atoms with van der Waals surface area (Å²) in [7, 11) is 0. The smallest absolute Gasteiger partial charge is 0.0463 e. The van der Waals surface area contributed by atoms with Crippen LogP contribution in [-0.4, -0.2) is 0 Å². The summed E-state index contributed by atoms with van der Waals surface area (Å²) >= 11 is 0. The number of anilines is 1. The number of para-hydroxylation sites is 1. The highest BCUT2D eigenvalue weighted by atomic mass is 14.9. The van der Waals surface area contributed by atoms with Gasteiger partial charge in [0.2, 0.25) is 0 Å². The third kappa shape index (κ3) is 8.37. The predicted octanol–water partition coefficient (Wildman–Crippen LogP) is 10.6. The van der Waals surface area contributed by atoms with E-state index in [9.17, 15) is 0 Å². The van der Waals surface area contributed by atoms with E-state index in [1.807, 2.05) is 75.4 Å². The molecule has 1 N–H and O–H groups in total. The Bertz CT molecular complexity index is 1310. The standard InChI is InChI=1S/C36H39N/c1-9-15-27(5)28(6)21-22-29(7)30(8)35(18-12-4)37-36-20-14-13-19-34(36)33-25-23-32(24-26-33)31(16-10-2)17-11-3/h9-26,37H,2,5-7H2,1,3-4,8H3/b15-9-,17-11-,18-12-,22-21-,31-16+,35-30-. The Morgan fingerprint density at radius 1 is 0.703 bits per heavy atom. The van der Waals surface area contributed by atoms with Crippen molar-refractivity contribution in [1.29, 1.82) is 0 Å². The summed E-state index contributed by atoms with van der Waals surface area (Å²) in [4.78, 5) is 0. The van der Waals surface area contributed by atoms with Gasteiger partial charge in [0.25, 0.3) is 0 Å². The van der Waals surface area contributed by atoms with Crippen LogP contribution in [0.1, 0.15) is 33.3 Å². The zero-order chi connectivity index (χ0) is 27.2. The minimum absolute atomic E-state index is 0.863. The van der Waals surface area contributed by atoms with Gasteiger partial charge in [-0.05, 0) is 78.8 Å². The van der Waals surface area contributed by atoms with E-state index in [1.165, 1.54) is 0 Å². The number of allylic oxidation sites excluding steroid dienone is 15. The van der Waals surface area contributed by atoms with Crippen molar-refractivity contribution in [1.82, 2.24) is 0 Å². The monoisotopic (exact) mass is 485 g/mol. The van der Waals surface area contributed by atoms with Crippen LogP contribution in [0.4, 0.5) is 5.69 Å². The molecule has 0 spiro atoms. The zero-order valence-corrected chi connectivity index (χ0v) is 22.7. The Kier molecular flexibility index (Phi) is 11.6. The summed E-state index contributed by atoms with van der Waals surface area (Å²) in [6.07, 6.45) is 19.9. The van der Waals surface area contributed by atoms with Gasteiger partial charge in [-0.25, -0.2) is 0 Å². The van der Waals surface area contributed by atoms with E-state index in [1.54, 1.807) is 0 Å². The van der Waals surface area contributed by atoms with E-state index in [0.29, 0.717) is 0 Å². The van der Waals surface area contributed by atoms with Crippen LogP contribution in [0.3, 0.4) is 0 Å². The molecule has 0 radical (unpaired) electrons. The molecular formula is C36H39N. The Balaban J connectivity index is 2.40. The van der Waals surface area contributed by atoms with Crippen LogP contribution in [0, 0.1) is 0 Å². The van der Waals surface area contributed by atoms with Crippen LogP contribution in [-0.2, 0) is 0 Å². The van der Waals surface area contributed by atoms with Crippen molar-refractivity contribution < 1.29 is 0 Å². The second-order valence-electron chi connectivity index (χ2n) is 8.55. The van der Waals surface area contributed by atoms with Gasteiger partial charge in [-0.3, -0.25) is 0 Å². The summed E-state index contributed by atoms with van der Waals surface area (Å²) in [5, 5.41) is 3.65. The number of hydrogen-bond donors (Lipinski definition) is 1. The molecule has 0 amide bonds. The highest BCUT2D eigenvalue weighted by molar-refractivity contribution is 5.82. The average molecular weight is 486 g/mol. The topological polar surface area (TPSA) is 12.0 Å². The van der Waals surface area contributed by atoms with Crippen molar-refractivity contribution in [3.8, 4) is 11.1 Å². The van der Waals surface area contributed by atoms with Gasteiger partial charge in [0, 0.05) is 16.9 Å². The van der Waals surface area contributed by atoms with Crippen LogP contribution in [0.2, 0.25) is 0 Å². The molecule has 0 fully saturated rings. The van der Waals surface area contributed by atoms with Gasteiger partial charge < -0.3 is 5.32 Å². The van der Waals surface area contributed by atoms with E-state index < -0.39 is 0 Å². The lowest BCUT2D eigenvalue weighted by atomic mass is 9.98. The molecule has 0 aromatic heterocycles. The normalized spacial score (nSPS) is 12.9. The molecule has 0 unspecified atom stereocenters. The number of benzene rings is 2. The molecule has 0 bridgehead atoms. The molecule has 188 valence electrons. The van der Waals surface area contributed by atoms with E-state index in [-0.39, 0.29) is 0 Å². The molecule has 2 aromatic rings. The zero-order valence-electron chi connectivity index (χ0n) is 22.7. The van der Waals surface area contributed by atoms with Crippen LogP contribution in [0.25, 0.3) is 16.7 Å². The molecule has 2 aromatic carbocycles. The van der Waals surface area contributed by atoms with Crippen LogP contribution in [0.15, 0.2) is 164 Å². The number of hydrogen-bond acceptors (Lipinski definition) is 1. The van der Waals surface area contributed by atoms with Gasteiger partial charge in [-0.2, -0.15) is 0 Å².